The van der Waals surface area contributed by atoms with Crippen LogP contribution in [0.15, 0.2) is 33.5 Å². The molecule has 1 aromatic heterocycles. The molecule has 0 saturated carbocycles. The molecule has 1 atom stereocenters. The maximum Gasteiger partial charge on any atom is 0.408 e. The van der Waals surface area contributed by atoms with Gasteiger partial charge < -0.3 is 19.2 Å². The third-order valence-electron chi connectivity index (χ3n) is 4.37. The molecule has 0 spiro atoms. The number of hydrogen-bond donors (Lipinski definition) is 1. The third-order valence-corrected chi connectivity index (χ3v) is 4.37. The van der Waals surface area contributed by atoms with Crippen molar-refractivity contribution in [1.29, 1.82) is 0 Å². The van der Waals surface area contributed by atoms with Crippen molar-refractivity contribution < 1.29 is 23.5 Å². The number of aryl methyl sites for hydroxylation is 1. The molecule has 0 radical (unpaired) electrons. The van der Waals surface area contributed by atoms with Gasteiger partial charge in [0.25, 0.3) is 0 Å². The van der Waals surface area contributed by atoms with Gasteiger partial charge in [-0.2, -0.15) is 0 Å². The molecule has 0 saturated heterocycles. The van der Waals surface area contributed by atoms with E-state index in [1.54, 1.807) is 32.9 Å². The van der Waals surface area contributed by atoms with Crippen LogP contribution in [0, 0.1) is 0 Å². The summed E-state index contributed by atoms with van der Waals surface area (Å²) in [7, 11) is 0. The number of esters is 1. The maximum absolute atomic E-state index is 12.6. The van der Waals surface area contributed by atoms with E-state index in [0.717, 1.165) is 30.2 Å². The summed E-state index contributed by atoms with van der Waals surface area (Å²) >= 11 is 0. The van der Waals surface area contributed by atoms with Crippen molar-refractivity contribution in [1.82, 2.24) is 5.32 Å². The summed E-state index contributed by atoms with van der Waals surface area (Å²) in [6.45, 7) is 9.23. The second-order valence-corrected chi connectivity index (χ2v) is 8.26. The zero-order valence-electron chi connectivity index (χ0n) is 18.4. The van der Waals surface area contributed by atoms with E-state index in [0.29, 0.717) is 18.4 Å². The number of fused-ring (bicyclic) bond motifs is 1. The Balaban J connectivity index is 2.19. The molecular weight excluding hydrogens is 386 g/mol. The number of unbranched alkanes of at least 4 members (excludes halogenated alkanes) is 1. The van der Waals surface area contributed by atoms with Gasteiger partial charge in [-0.05, 0) is 57.7 Å². The molecule has 0 fully saturated rings. The molecule has 0 aliphatic rings. The zero-order valence-corrected chi connectivity index (χ0v) is 18.4. The largest absolute Gasteiger partial charge is 0.444 e. The predicted molar refractivity (Wildman–Crippen MR) is 115 cm³/mol. The van der Waals surface area contributed by atoms with Gasteiger partial charge in [0, 0.05) is 17.5 Å². The van der Waals surface area contributed by atoms with Crippen molar-refractivity contribution in [3.05, 3.63) is 40.2 Å². The minimum atomic E-state index is -0.844. The zero-order chi connectivity index (χ0) is 22.3. The van der Waals surface area contributed by atoms with Gasteiger partial charge >= 0.3 is 17.7 Å². The van der Waals surface area contributed by atoms with E-state index < -0.39 is 29.3 Å². The summed E-state index contributed by atoms with van der Waals surface area (Å²) in [4.78, 5) is 36.6. The SMILES string of the molecule is CCCCc1cc(=O)oc2cc(OC(=O)C(CCC)NC(=O)OC(C)(C)C)ccc12. The van der Waals surface area contributed by atoms with Gasteiger partial charge in [-0.15, -0.1) is 0 Å². The van der Waals surface area contributed by atoms with E-state index in [1.807, 2.05) is 6.92 Å². The van der Waals surface area contributed by atoms with Gasteiger partial charge in [0.2, 0.25) is 0 Å². The molecule has 2 rings (SSSR count). The van der Waals surface area contributed by atoms with E-state index >= 15 is 0 Å². The van der Waals surface area contributed by atoms with Gasteiger partial charge in [-0.3, -0.25) is 0 Å². The number of rotatable bonds is 8. The standard InChI is InChI=1S/C23H31NO6/c1-6-8-10-15-13-20(25)29-19-14-16(11-12-17(15)19)28-21(26)18(9-7-2)24-22(27)30-23(3,4)5/h11-14,18H,6-10H2,1-5H3,(H,24,27). The highest BCUT2D eigenvalue weighted by molar-refractivity contribution is 5.85. The van der Waals surface area contributed by atoms with Crippen LogP contribution in [0.25, 0.3) is 11.0 Å². The Kier molecular flexibility index (Phi) is 8.03. The number of carbonyl (C=O) groups excluding carboxylic acids is 2. The van der Waals surface area contributed by atoms with Crippen molar-refractivity contribution in [2.24, 2.45) is 0 Å². The maximum atomic E-state index is 12.6. The lowest BCUT2D eigenvalue weighted by molar-refractivity contribution is -0.137. The Morgan fingerprint density at radius 2 is 1.87 bits per heavy atom. The van der Waals surface area contributed by atoms with Gasteiger partial charge in [0.15, 0.2) is 0 Å². The number of amides is 1. The van der Waals surface area contributed by atoms with Crippen LogP contribution < -0.4 is 15.7 Å². The minimum Gasteiger partial charge on any atom is -0.444 e. The lowest BCUT2D eigenvalue weighted by atomic mass is 10.0. The quantitative estimate of drug-likeness (QED) is 0.379. The van der Waals surface area contributed by atoms with Crippen LogP contribution in [0.2, 0.25) is 0 Å². The summed E-state index contributed by atoms with van der Waals surface area (Å²) in [5.74, 6) is -0.359. The van der Waals surface area contributed by atoms with Crippen molar-refractivity contribution in [3.63, 3.8) is 0 Å². The van der Waals surface area contributed by atoms with Crippen LogP contribution in [0.3, 0.4) is 0 Å². The first-order valence-corrected chi connectivity index (χ1v) is 10.4. The van der Waals surface area contributed by atoms with Crippen molar-refractivity contribution >= 4 is 23.0 Å². The number of benzene rings is 1. The normalized spacial score (nSPS) is 12.4. The van der Waals surface area contributed by atoms with Crippen LogP contribution in [0.4, 0.5) is 4.79 Å². The first-order valence-electron chi connectivity index (χ1n) is 10.4. The summed E-state index contributed by atoms with van der Waals surface area (Å²) < 4.78 is 16.0. The van der Waals surface area contributed by atoms with Gasteiger partial charge in [-0.1, -0.05) is 26.7 Å². The molecule has 1 aromatic carbocycles. The van der Waals surface area contributed by atoms with Crippen molar-refractivity contribution in [3.8, 4) is 5.75 Å². The summed E-state index contributed by atoms with van der Waals surface area (Å²) in [5.41, 5.74) is 0.172. The Morgan fingerprint density at radius 1 is 1.13 bits per heavy atom. The Bertz CT molecular complexity index is 941. The third kappa shape index (κ3) is 6.90. The van der Waals surface area contributed by atoms with Gasteiger partial charge in [0.05, 0.1) is 0 Å². The predicted octanol–water partition coefficient (Wildman–Crippen LogP) is 4.73. The fourth-order valence-corrected chi connectivity index (χ4v) is 3.02. The average molecular weight is 418 g/mol. The molecule has 7 nitrogen and oxygen atoms in total. The lowest BCUT2D eigenvalue weighted by Crippen LogP contribution is -2.45. The molecule has 1 amide bonds. The highest BCUT2D eigenvalue weighted by Crippen LogP contribution is 2.24. The second kappa shape index (κ2) is 10.3. The minimum absolute atomic E-state index is 0.246. The monoisotopic (exact) mass is 417 g/mol. The van der Waals surface area contributed by atoms with E-state index in [4.69, 9.17) is 13.9 Å². The summed E-state index contributed by atoms with van der Waals surface area (Å²) in [6.07, 6.45) is 3.15. The molecule has 164 valence electrons. The molecule has 1 unspecified atom stereocenters. The molecule has 2 aromatic rings. The lowest BCUT2D eigenvalue weighted by Gasteiger charge is -2.22. The molecule has 30 heavy (non-hydrogen) atoms. The number of carbonyl (C=O) groups is 2. The fourth-order valence-electron chi connectivity index (χ4n) is 3.02. The first kappa shape index (κ1) is 23.4. The highest BCUT2D eigenvalue weighted by Gasteiger charge is 2.25. The molecule has 1 heterocycles. The second-order valence-electron chi connectivity index (χ2n) is 8.26. The van der Waals surface area contributed by atoms with Crippen LogP contribution in [0.1, 0.15) is 65.9 Å². The van der Waals surface area contributed by atoms with Crippen molar-refractivity contribution in [2.75, 3.05) is 0 Å². The van der Waals surface area contributed by atoms with E-state index in [2.05, 4.69) is 12.2 Å². The summed E-state index contributed by atoms with van der Waals surface area (Å²) in [6, 6.07) is 5.63. The van der Waals surface area contributed by atoms with Crippen molar-refractivity contribution in [2.45, 2.75) is 78.4 Å². The molecule has 0 aliphatic carbocycles. The van der Waals surface area contributed by atoms with Gasteiger partial charge in [0.1, 0.15) is 23.0 Å². The Morgan fingerprint density at radius 3 is 2.50 bits per heavy atom. The fraction of sp³-hybridized carbons (Fsp3) is 0.522. The molecule has 0 bridgehead atoms. The highest BCUT2D eigenvalue weighted by atomic mass is 16.6. The van der Waals surface area contributed by atoms with E-state index in [1.165, 1.54) is 12.1 Å². The van der Waals surface area contributed by atoms with E-state index in [-0.39, 0.29) is 5.75 Å². The average Bonchev–Trinajstić information content (AvgIpc) is 2.63. The Hall–Kier alpha value is -2.83. The topological polar surface area (TPSA) is 94.8 Å². The van der Waals surface area contributed by atoms with Gasteiger partial charge in [-0.25, -0.2) is 14.4 Å². The summed E-state index contributed by atoms with van der Waals surface area (Å²) in [5, 5.41) is 3.38. The molecule has 0 aliphatic heterocycles. The molecular formula is C23H31NO6. The number of nitrogens with one attached hydrogen (secondary N) is 1. The molecule has 1 N–H and O–H groups in total. The number of hydrogen-bond acceptors (Lipinski definition) is 6. The van der Waals surface area contributed by atoms with Crippen LogP contribution in [-0.4, -0.2) is 23.7 Å². The van der Waals surface area contributed by atoms with Crippen LogP contribution in [-0.2, 0) is 16.0 Å². The van der Waals surface area contributed by atoms with Crippen LogP contribution in [0.5, 0.6) is 5.75 Å². The Labute approximate surface area is 176 Å². The number of ether oxygens (including phenoxy) is 2. The molecule has 7 heteroatoms. The van der Waals surface area contributed by atoms with Crippen LogP contribution >= 0.6 is 0 Å². The smallest absolute Gasteiger partial charge is 0.408 e. The first-order chi connectivity index (χ1) is 14.1. The number of alkyl carbamates (subject to hydrolysis) is 1. The van der Waals surface area contributed by atoms with E-state index in [9.17, 15) is 14.4 Å².